The van der Waals surface area contributed by atoms with Gasteiger partial charge in [0, 0.05) is 11.3 Å². The number of nitrogens with zero attached hydrogens (tertiary/aromatic N) is 5. The number of nitrogen functional groups attached to an aromatic ring is 2. The summed E-state index contributed by atoms with van der Waals surface area (Å²) < 4.78 is 1.95. The van der Waals surface area contributed by atoms with Gasteiger partial charge in [-0.15, -0.1) is 0 Å². The molecule has 4 rings (SSSR count). The Morgan fingerprint density at radius 3 is 2.54 bits per heavy atom. The van der Waals surface area contributed by atoms with Crippen LogP contribution in [0.25, 0.3) is 22.4 Å². The third-order valence-corrected chi connectivity index (χ3v) is 4.79. The lowest BCUT2D eigenvalue weighted by atomic mass is 10.0. The van der Waals surface area contributed by atoms with E-state index in [1.807, 2.05) is 42.7 Å². The second kappa shape index (κ2) is 6.67. The Balaban J connectivity index is 1.85. The van der Waals surface area contributed by atoms with Crippen LogP contribution in [0.2, 0.25) is 0 Å². The number of benzene rings is 2. The molecule has 0 fully saturated rings. The molecule has 2 heterocycles. The van der Waals surface area contributed by atoms with Crippen molar-refractivity contribution >= 4 is 22.8 Å². The third kappa shape index (κ3) is 3.01. The summed E-state index contributed by atoms with van der Waals surface area (Å²) in [7, 11) is 0. The van der Waals surface area contributed by atoms with E-state index in [1.165, 1.54) is 5.56 Å². The average Bonchev–Trinajstić information content (AvgIpc) is 3.06. The van der Waals surface area contributed by atoms with Crippen LogP contribution in [-0.2, 0) is 6.54 Å². The van der Waals surface area contributed by atoms with Gasteiger partial charge in [0.15, 0.2) is 5.65 Å². The van der Waals surface area contributed by atoms with Crippen molar-refractivity contribution in [1.82, 2.24) is 19.5 Å². The number of hydrogen-bond acceptors (Lipinski definition) is 6. The molecule has 0 aliphatic rings. The van der Waals surface area contributed by atoms with Crippen LogP contribution in [0.3, 0.4) is 0 Å². The van der Waals surface area contributed by atoms with Crippen LogP contribution in [-0.4, -0.2) is 19.5 Å². The van der Waals surface area contributed by atoms with Gasteiger partial charge in [-0.3, -0.25) is 0 Å². The Labute approximate surface area is 162 Å². The van der Waals surface area contributed by atoms with Crippen LogP contribution in [0, 0.1) is 25.2 Å². The van der Waals surface area contributed by atoms with Gasteiger partial charge in [-0.2, -0.15) is 10.2 Å². The number of fused-ring (bicyclic) bond motifs is 1. The predicted molar refractivity (Wildman–Crippen MR) is 109 cm³/mol. The first-order valence-corrected chi connectivity index (χ1v) is 8.80. The summed E-state index contributed by atoms with van der Waals surface area (Å²) in [6, 6.07) is 13.3. The van der Waals surface area contributed by atoms with E-state index in [1.54, 1.807) is 18.5 Å². The van der Waals surface area contributed by atoms with E-state index in [0.717, 1.165) is 22.4 Å². The third-order valence-electron chi connectivity index (χ3n) is 4.79. The molecule has 28 heavy (non-hydrogen) atoms. The Morgan fingerprint density at radius 2 is 1.82 bits per heavy atom. The highest BCUT2D eigenvalue weighted by atomic mass is 15.1. The van der Waals surface area contributed by atoms with Crippen molar-refractivity contribution in [2.45, 2.75) is 20.4 Å². The summed E-state index contributed by atoms with van der Waals surface area (Å²) in [6.45, 7) is 4.68. The second-order valence-electron chi connectivity index (χ2n) is 6.80. The van der Waals surface area contributed by atoms with Crippen molar-refractivity contribution in [3.8, 4) is 17.3 Å². The zero-order valence-corrected chi connectivity index (χ0v) is 15.6. The molecular formula is C21H19N7. The number of aryl methyl sites for hydroxylation is 2. The Bertz CT molecular complexity index is 1220. The minimum absolute atomic E-state index is 0.164. The maximum Gasteiger partial charge on any atom is 0.222 e. The summed E-state index contributed by atoms with van der Waals surface area (Å²) in [5.41, 5.74) is 19.3. The van der Waals surface area contributed by atoms with E-state index in [9.17, 15) is 5.26 Å². The van der Waals surface area contributed by atoms with Gasteiger partial charge in [-0.25, -0.2) is 9.97 Å². The Morgan fingerprint density at radius 1 is 1.07 bits per heavy atom. The first-order chi connectivity index (χ1) is 13.5. The van der Waals surface area contributed by atoms with Crippen LogP contribution in [0.4, 0.5) is 11.6 Å². The number of nitriles is 1. The maximum absolute atomic E-state index is 9.18. The molecule has 0 aliphatic carbocycles. The number of nitrogens with two attached hydrogens (primary N) is 2. The maximum atomic E-state index is 9.18. The summed E-state index contributed by atoms with van der Waals surface area (Å²) in [5.74, 6) is 0.164. The molecule has 0 atom stereocenters. The molecule has 0 saturated heterocycles. The van der Waals surface area contributed by atoms with Gasteiger partial charge in [0.1, 0.15) is 11.2 Å². The Hall–Kier alpha value is -3.92. The van der Waals surface area contributed by atoms with Crippen molar-refractivity contribution in [3.05, 3.63) is 65.0 Å². The predicted octanol–water partition coefficient (Wildman–Crippen LogP) is 3.19. The van der Waals surface area contributed by atoms with Gasteiger partial charge < -0.3 is 16.0 Å². The van der Waals surface area contributed by atoms with Crippen LogP contribution in [0.1, 0.15) is 22.3 Å². The highest BCUT2D eigenvalue weighted by molar-refractivity contribution is 5.88. The first-order valence-electron chi connectivity index (χ1n) is 8.80. The smallest absolute Gasteiger partial charge is 0.222 e. The lowest BCUT2D eigenvalue weighted by Crippen LogP contribution is -2.06. The largest absolute Gasteiger partial charge is 0.399 e. The van der Waals surface area contributed by atoms with Gasteiger partial charge in [0.05, 0.1) is 24.5 Å². The molecule has 4 aromatic rings. The van der Waals surface area contributed by atoms with E-state index in [4.69, 9.17) is 11.5 Å². The quantitative estimate of drug-likeness (QED) is 0.535. The van der Waals surface area contributed by atoms with Crippen molar-refractivity contribution < 1.29 is 0 Å². The molecule has 0 radical (unpaired) electrons. The summed E-state index contributed by atoms with van der Waals surface area (Å²) >= 11 is 0. The van der Waals surface area contributed by atoms with E-state index < -0.39 is 0 Å². The van der Waals surface area contributed by atoms with Crippen molar-refractivity contribution in [2.75, 3.05) is 11.5 Å². The second-order valence-corrected chi connectivity index (χ2v) is 6.80. The molecule has 0 spiro atoms. The number of imidazole rings is 1. The van der Waals surface area contributed by atoms with Crippen LogP contribution < -0.4 is 11.5 Å². The average molecular weight is 369 g/mol. The molecule has 2 aromatic heterocycles. The minimum atomic E-state index is 0.164. The van der Waals surface area contributed by atoms with Crippen molar-refractivity contribution in [2.24, 2.45) is 0 Å². The molecule has 7 heteroatoms. The fraction of sp³-hybridized carbons (Fsp3) is 0.143. The fourth-order valence-electron chi connectivity index (χ4n) is 3.46. The van der Waals surface area contributed by atoms with Crippen molar-refractivity contribution in [1.29, 1.82) is 5.26 Å². The topological polar surface area (TPSA) is 119 Å². The van der Waals surface area contributed by atoms with Gasteiger partial charge in [-0.1, -0.05) is 12.1 Å². The SMILES string of the molecule is Cc1cc(N)cc(C)c1Cn1cnc2c(-c3cccc(C#N)c3)nc(N)nc21. The monoisotopic (exact) mass is 369 g/mol. The Kier molecular flexibility index (Phi) is 4.17. The normalized spacial score (nSPS) is 10.9. The zero-order valence-electron chi connectivity index (χ0n) is 15.6. The number of aromatic nitrogens is 4. The van der Waals surface area contributed by atoms with Gasteiger partial charge in [0.2, 0.25) is 5.95 Å². The first kappa shape index (κ1) is 17.5. The highest BCUT2D eigenvalue weighted by Crippen LogP contribution is 2.27. The van der Waals surface area contributed by atoms with E-state index in [-0.39, 0.29) is 5.95 Å². The van der Waals surface area contributed by atoms with E-state index in [0.29, 0.717) is 29.0 Å². The molecule has 7 nitrogen and oxygen atoms in total. The van der Waals surface area contributed by atoms with Gasteiger partial charge >= 0.3 is 0 Å². The molecule has 0 amide bonds. The standard InChI is InChI=1S/C21H19N7/c1-12-6-16(23)7-13(2)17(12)10-28-11-25-19-18(26-21(24)27-20(19)28)15-5-3-4-14(8-15)9-22/h3-8,11H,10,23H2,1-2H3,(H2,24,26,27). The van der Waals surface area contributed by atoms with Gasteiger partial charge in [-0.05, 0) is 54.8 Å². The fourth-order valence-corrected chi connectivity index (χ4v) is 3.46. The van der Waals surface area contributed by atoms with Crippen LogP contribution in [0.15, 0.2) is 42.7 Å². The molecule has 138 valence electrons. The summed E-state index contributed by atoms with van der Waals surface area (Å²) in [5, 5.41) is 9.18. The number of rotatable bonds is 3. The van der Waals surface area contributed by atoms with E-state index >= 15 is 0 Å². The molecule has 4 N–H and O–H groups in total. The molecule has 0 unspecified atom stereocenters. The molecule has 2 aromatic carbocycles. The summed E-state index contributed by atoms with van der Waals surface area (Å²) in [4.78, 5) is 13.3. The minimum Gasteiger partial charge on any atom is -0.399 e. The molecule has 0 bridgehead atoms. The van der Waals surface area contributed by atoms with Crippen molar-refractivity contribution in [3.63, 3.8) is 0 Å². The molecule has 0 saturated carbocycles. The molecular weight excluding hydrogens is 350 g/mol. The highest BCUT2D eigenvalue weighted by Gasteiger charge is 2.15. The summed E-state index contributed by atoms with van der Waals surface area (Å²) in [6.07, 6.45) is 1.74. The zero-order chi connectivity index (χ0) is 19.8. The lowest BCUT2D eigenvalue weighted by Gasteiger charge is -2.12. The van der Waals surface area contributed by atoms with E-state index in [2.05, 4.69) is 21.0 Å². The van der Waals surface area contributed by atoms with Crippen LogP contribution >= 0.6 is 0 Å². The number of hydrogen-bond donors (Lipinski definition) is 2. The van der Waals surface area contributed by atoms with Crippen LogP contribution in [0.5, 0.6) is 0 Å². The lowest BCUT2D eigenvalue weighted by molar-refractivity contribution is 0.803. The number of anilines is 2. The van der Waals surface area contributed by atoms with Gasteiger partial charge in [0.25, 0.3) is 0 Å². The molecule has 0 aliphatic heterocycles.